The number of nitrogens with one attached hydrogen (secondary N) is 1. The van der Waals surface area contributed by atoms with Gasteiger partial charge in [0.05, 0.1) is 14.2 Å². The molecule has 1 amide bonds. The number of carbonyl (C=O) groups is 2. The van der Waals surface area contributed by atoms with E-state index in [1.54, 1.807) is 30.3 Å². The number of rotatable bonds is 8. The van der Waals surface area contributed by atoms with Crippen molar-refractivity contribution in [2.24, 2.45) is 0 Å². The van der Waals surface area contributed by atoms with Gasteiger partial charge < -0.3 is 18.6 Å². The van der Waals surface area contributed by atoms with E-state index in [1.807, 2.05) is 18.2 Å². The van der Waals surface area contributed by atoms with Crippen molar-refractivity contribution in [2.45, 2.75) is 0 Å². The second-order valence-electron chi connectivity index (χ2n) is 5.91. The van der Waals surface area contributed by atoms with E-state index in [9.17, 15) is 9.59 Å². The first kappa shape index (κ1) is 20.6. The van der Waals surface area contributed by atoms with Gasteiger partial charge in [0.1, 0.15) is 11.5 Å². The van der Waals surface area contributed by atoms with Gasteiger partial charge in [-0.2, -0.15) is 0 Å². The summed E-state index contributed by atoms with van der Waals surface area (Å²) in [6.07, 6.45) is 2.72. The molecule has 30 heavy (non-hydrogen) atoms. The van der Waals surface area contributed by atoms with Crippen molar-refractivity contribution in [1.29, 1.82) is 0 Å². The Morgan fingerprint density at radius 1 is 1.03 bits per heavy atom. The summed E-state index contributed by atoms with van der Waals surface area (Å²) < 4.78 is 20.6. The molecule has 9 heteroatoms. The fraction of sp³-hybridized carbons (Fsp3) is 0.143. The van der Waals surface area contributed by atoms with Crippen molar-refractivity contribution < 1.29 is 28.2 Å². The molecule has 2 aromatic carbocycles. The van der Waals surface area contributed by atoms with Crippen molar-refractivity contribution in [3.8, 4) is 23.0 Å². The van der Waals surface area contributed by atoms with Crippen LogP contribution in [0, 0.1) is 0 Å². The van der Waals surface area contributed by atoms with Crippen molar-refractivity contribution in [3.05, 3.63) is 60.2 Å². The molecule has 0 spiro atoms. The van der Waals surface area contributed by atoms with Crippen LogP contribution in [0.15, 0.2) is 59.0 Å². The summed E-state index contributed by atoms with van der Waals surface area (Å²) in [4.78, 5) is 23.8. The van der Waals surface area contributed by atoms with Gasteiger partial charge in [0, 0.05) is 17.7 Å². The normalized spacial score (nSPS) is 10.6. The van der Waals surface area contributed by atoms with Gasteiger partial charge in [-0.3, -0.25) is 10.1 Å². The van der Waals surface area contributed by atoms with E-state index >= 15 is 0 Å². The van der Waals surface area contributed by atoms with Gasteiger partial charge in [0.15, 0.2) is 6.61 Å². The van der Waals surface area contributed by atoms with Crippen LogP contribution in [0.5, 0.6) is 11.5 Å². The molecular formula is C21H19N3O6. The first-order chi connectivity index (χ1) is 14.6. The molecule has 0 aliphatic rings. The summed E-state index contributed by atoms with van der Waals surface area (Å²) in [6, 6.07) is 14.2. The standard InChI is InChI=1S/C21H19N3O6/c1-27-16-10-14(11-17(12-16)28-2)8-9-19(26)29-13-18(25)22-21-24-23-20(30-21)15-6-4-3-5-7-15/h3-12H,13H2,1-2H3,(H,22,24,25)/b9-8+. The second-order valence-corrected chi connectivity index (χ2v) is 5.91. The number of anilines is 1. The van der Waals surface area contributed by atoms with Crippen LogP contribution in [0.1, 0.15) is 5.56 Å². The maximum atomic E-state index is 11.9. The number of hydrogen-bond acceptors (Lipinski definition) is 8. The van der Waals surface area contributed by atoms with Crippen LogP contribution in [-0.4, -0.2) is 42.9 Å². The smallest absolute Gasteiger partial charge is 0.331 e. The third kappa shape index (κ3) is 5.68. The molecule has 0 bridgehead atoms. The van der Waals surface area contributed by atoms with Gasteiger partial charge in [-0.25, -0.2) is 4.79 Å². The number of ether oxygens (including phenoxy) is 3. The fourth-order valence-corrected chi connectivity index (χ4v) is 2.40. The first-order valence-electron chi connectivity index (χ1n) is 8.84. The van der Waals surface area contributed by atoms with Crippen LogP contribution in [0.25, 0.3) is 17.5 Å². The first-order valence-corrected chi connectivity index (χ1v) is 8.84. The lowest BCUT2D eigenvalue weighted by molar-refractivity contribution is -0.142. The Balaban J connectivity index is 1.51. The number of benzene rings is 2. The van der Waals surface area contributed by atoms with E-state index in [0.29, 0.717) is 17.1 Å². The minimum absolute atomic E-state index is 0.0890. The maximum absolute atomic E-state index is 11.9. The van der Waals surface area contributed by atoms with Crippen molar-refractivity contribution in [3.63, 3.8) is 0 Å². The molecule has 3 rings (SSSR count). The number of nitrogens with zero attached hydrogens (tertiary/aromatic N) is 2. The number of esters is 1. The summed E-state index contributed by atoms with van der Waals surface area (Å²) in [6.45, 7) is -0.506. The van der Waals surface area contributed by atoms with Crippen molar-refractivity contribution >= 4 is 24.0 Å². The zero-order valence-corrected chi connectivity index (χ0v) is 16.3. The monoisotopic (exact) mass is 409 g/mol. The van der Waals surface area contributed by atoms with E-state index in [0.717, 1.165) is 5.56 Å². The lowest BCUT2D eigenvalue weighted by atomic mass is 10.2. The Hall–Kier alpha value is -4.14. The topological polar surface area (TPSA) is 113 Å². The van der Waals surface area contributed by atoms with E-state index in [1.165, 1.54) is 26.4 Å². The number of hydrogen-bond donors (Lipinski definition) is 1. The summed E-state index contributed by atoms with van der Waals surface area (Å²) in [7, 11) is 3.06. The lowest BCUT2D eigenvalue weighted by Crippen LogP contribution is -2.20. The minimum Gasteiger partial charge on any atom is -0.497 e. The lowest BCUT2D eigenvalue weighted by Gasteiger charge is -2.05. The molecule has 1 aromatic heterocycles. The molecule has 0 atom stereocenters. The molecule has 0 unspecified atom stereocenters. The highest BCUT2D eigenvalue weighted by molar-refractivity contribution is 5.93. The maximum Gasteiger partial charge on any atom is 0.331 e. The molecular weight excluding hydrogens is 390 g/mol. The van der Waals surface area contributed by atoms with E-state index < -0.39 is 18.5 Å². The third-order valence-electron chi connectivity index (χ3n) is 3.82. The largest absolute Gasteiger partial charge is 0.497 e. The fourth-order valence-electron chi connectivity index (χ4n) is 2.40. The van der Waals surface area contributed by atoms with Gasteiger partial charge in [0.2, 0.25) is 5.89 Å². The predicted octanol–water partition coefficient (Wildman–Crippen LogP) is 2.95. The Kier molecular flexibility index (Phi) is 6.78. The molecule has 3 aromatic rings. The Bertz CT molecular complexity index is 1020. The highest BCUT2D eigenvalue weighted by atomic mass is 16.5. The molecule has 0 aliphatic heterocycles. The summed E-state index contributed by atoms with van der Waals surface area (Å²) in [5.74, 6) is 0.123. The number of methoxy groups -OCH3 is 2. The van der Waals surface area contributed by atoms with Gasteiger partial charge >= 0.3 is 12.0 Å². The van der Waals surface area contributed by atoms with Crippen LogP contribution in [-0.2, 0) is 14.3 Å². The van der Waals surface area contributed by atoms with Gasteiger partial charge in [-0.15, -0.1) is 5.10 Å². The second kappa shape index (κ2) is 9.87. The predicted molar refractivity (Wildman–Crippen MR) is 108 cm³/mol. The van der Waals surface area contributed by atoms with E-state index in [2.05, 4.69) is 15.5 Å². The van der Waals surface area contributed by atoms with Crippen LogP contribution in [0.3, 0.4) is 0 Å². The molecule has 0 radical (unpaired) electrons. The van der Waals surface area contributed by atoms with Gasteiger partial charge in [-0.05, 0) is 35.9 Å². The summed E-state index contributed by atoms with van der Waals surface area (Å²) in [5.41, 5.74) is 1.39. The minimum atomic E-state index is -0.692. The molecule has 154 valence electrons. The van der Waals surface area contributed by atoms with Crippen molar-refractivity contribution in [2.75, 3.05) is 26.1 Å². The van der Waals surface area contributed by atoms with Crippen LogP contribution < -0.4 is 14.8 Å². The molecule has 0 saturated heterocycles. The zero-order valence-electron chi connectivity index (χ0n) is 16.3. The number of aromatic nitrogens is 2. The molecule has 0 saturated carbocycles. The van der Waals surface area contributed by atoms with E-state index in [4.69, 9.17) is 18.6 Å². The number of amides is 1. The average Bonchev–Trinajstić information content (AvgIpc) is 3.25. The Morgan fingerprint density at radius 3 is 2.40 bits per heavy atom. The van der Waals surface area contributed by atoms with Crippen LogP contribution in [0.4, 0.5) is 6.01 Å². The molecule has 9 nitrogen and oxygen atoms in total. The highest BCUT2D eigenvalue weighted by Crippen LogP contribution is 2.23. The Labute approximate surface area is 172 Å². The van der Waals surface area contributed by atoms with E-state index in [-0.39, 0.29) is 11.9 Å². The molecule has 0 fully saturated rings. The van der Waals surface area contributed by atoms with Crippen LogP contribution >= 0.6 is 0 Å². The average molecular weight is 409 g/mol. The number of carbonyl (C=O) groups excluding carboxylic acids is 2. The van der Waals surface area contributed by atoms with Crippen molar-refractivity contribution in [1.82, 2.24) is 10.2 Å². The molecule has 0 aliphatic carbocycles. The third-order valence-corrected chi connectivity index (χ3v) is 3.82. The zero-order chi connectivity index (χ0) is 21.3. The highest BCUT2D eigenvalue weighted by Gasteiger charge is 2.12. The SMILES string of the molecule is COc1cc(/C=C/C(=O)OCC(=O)Nc2nnc(-c3ccccc3)o2)cc(OC)c1. The quantitative estimate of drug-likeness (QED) is 0.446. The summed E-state index contributed by atoms with van der Waals surface area (Å²) >= 11 is 0. The summed E-state index contributed by atoms with van der Waals surface area (Å²) in [5, 5.41) is 9.97. The van der Waals surface area contributed by atoms with Gasteiger partial charge in [-0.1, -0.05) is 23.3 Å². The van der Waals surface area contributed by atoms with Crippen LogP contribution in [0.2, 0.25) is 0 Å². The van der Waals surface area contributed by atoms with Gasteiger partial charge in [0.25, 0.3) is 5.91 Å². The molecule has 1 heterocycles. The Morgan fingerprint density at radius 2 is 1.73 bits per heavy atom. The molecule has 1 N–H and O–H groups in total.